The van der Waals surface area contributed by atoms with E-state index in [9.17, 15) is 9.59 Å². The summed E-state index contributed by atoms with van der Waals surface area (Å²) in [7, 11) is 1.67. The van der Waals surface area contributed by atoms with E-state index < -0.39 is 6.04 Å². The molecule has 0 radical (unpaired) electrons. The van der Waals surface area contributed by atoms with Crippen LogP contribution in [0.5, 0.6) is 0 Å². The largest absolute Gasteiger partial charge is 0.377 e. The zero-order valence-corrected chi connectivity index (χ0v) is 17.2. The van der Waals surface area contributed by atoms with E-state index in [0.29, 0.717) is 36.8 Å². The summed E-state index contributed by atoms with van der Waals surface area (Å²) in [6.07, 6.45) is 4.77. The van der Waals surface area contributed by atoms with Gasteiger partial charge in [0.2, 0.25) is 5.91 Å². The third kappa shape index (κ3) is 4.34. The van der Waals surface area contributed by atoms with Crippen LogP contribution in [0.2, 0.25) is 0 Å². The molecule has 0 spiro atoms. The molecule has 1 fully saturated rings. The molecule has 154 valence electrons. The SMILES string of the molecule is COC(C)(C)Cn1ccc(NC(=O)C(CC2CC2)N2Cc3ccccc3C2=O)n1. The molecule has 1 aliphatic heterocycles. The maximum Gasteiger partial charge on any atom is 0.255 e. The molecule has 7 nitrogen and oxygen atoms in total. The second-order valence-corrected chi connectivity index (χ2v) is 8.64. The van der Waals surface area contributed by atoms with Crippen molar-refractivity contribution < 1.29 is 14.3 Å². The summed E-state index contributed by atoms with van der Waals surface area (Å²) >= 11 is 0. The molecular weight excluding hydrogens is 368 g/mol. The Morgan fingerprint density at radius 2 is 2.07 bits per heavy atom. The Bertz CT molecular complexity index is 916. The summed E-state index contributed by atoms with van der Waals surface area (Å²) in [5.74, 6) is 0.775. The molecule has 2 amide bonds. The van der Waals surface area contributed by atoms with Gasteiger partial charge in [0.05, 0.1) is 12.1 Å². The number of benzene rings is 1. The zero-order valence-electron chi connectivity index (χ0n) is 17.2. The van der Waals surface area contributed by atoms with Crippen molar-refractivity contribution in [3.05, 3.63) is 47.7 Å². The molecule has 0 saturated heterocycles. The molecule has 1 unspecified atom stereocenters. The Morgan fingerprint density at radius 3 is 2.76 bits per heavy atom. The number of ether oxygens (including phenoxy) is 1. The highest BCUT2D eigenvalue weighted by molar-refractivity contribution is 6.03. The van der Waals surface area contributed by atoms with Gasteiger partial charge in [0.25, 0.3) is 5.91 Å². The summed E-state index contributed by atoms with van der Waals surface area (Å²) in [5, 5.41) is 7.36. The van der Waals surface area contributed by atoms with Gasteiger partial charge in [-0.1, -0.05) is 31.0 Å². The number of fused-ring (bicyclic) bond motifs is 1. The lowest BCUT2D eigenvalue weighted by Gasteiger charge is -2.26. The molecule has 7 heteroatoms. The van der Waals surface area contributed by atoms with Crippen LogP contribution in [0, 0.1) is 5.92 Å². The quantitative estimate of drug-likeness (QED) is 0.744. The fourth-order valence-electron chi connectivity index (χ4n) is 3.75. The molecule has 2 aromatic rings. The lowest BCUT2D eigenvalue weighted by molar-refractivity contribution is -0.121. The molecule has 1 N–H and O–H groups in total. The second kappa shape index (κ2) is 7.63. The van der Waals surface area contributed by atoms with Crippen LogP contribution in [0.3, 0.4) is 0 Å². The van der Waals surface area contributed by atoms with Crippen molar-refractivity contribution in [2.75, 3.05) is 12.4 Å². The van der Waals surface area contributed by atoms with Crippen molar-refractivity contribution in [3.63, 3.8) is 0 Å². The normalized spacial score (nSPS) is 17.3. The monoisotopic (exact) mass is 396 g/mol. The molecular formula is C22H28N4O3. The first-order valence-corrected chi connectivity index (χ1v) is 10.1. The van der Waals surface area contributed by atoms with Crippen molar-refractivity contribution in [1.29, 1.82) is 0 Å². The first kappa shape index (κ1) is 19.6. The molecule has 2 aliphatic rings. The number of aromatic nitrogens is 2. The van der Waals surface area contributed by atoms with Crippen molar-refractivity contribution >= 4 is 17.6 Å². The minimum absolute atomic E-state index is 0.0613. The van der Waals surface area contributed by atoms with E-state index in [1.54, 1.807) is 22.8 Å². The van der Waals surface area contributed by atoms with Crippen LogP contribution in [0.25, 0.3) is 0 Å². The van der Waals surface area contributed by atoms with Gasteiger partial charge in [-0.2, -0.15) is 5.10 Å². The number of methoxy groups -OCH3 is 1. The summed E-state index contributed by atoms with van der Waals surface area (Å²) in [4.78, 5) is 27.7. The van der Waals surface area contributed by atoms with E-state index in [1.165, 1.54) is 0 Å². The lowest BCUT2D eigenvalue weighted by Crippen LogP contribution is -2.44. The first-order chi connectivity index (χ1) is 13.9. The number of carbonyl (C=O) groups excluding carboxylic acids is 2. The molecule has 1 aliphatic carbocycles. The van der Waals surface area contributed by atoms with Gasteiger partial charge in [-0.3, -0.25) is 14.3 Å². The highest BCUT2D eigenvalue weighted by Crippen LogP contribution is 2.37. The zero-order chi connectivity index (χ0) is 20.6. The van der Waals surface area contributed by atoms with Gasteiger partial charge in [0.1, 0.15) is 6.04 Å². The molecule has 1 aromatic heterocycles. The number of carbonyl (C=O) groups is 2. The van der Waals surface area contributed by atoms with Crippen molar-refractivity contribution in [3.8, 4) is 0 Å². The molecule has 0 bridgehead atoms. The number of rotatable bonds is 8. The maximum absolute atomic E-state index is 13.1. The Kier molecular flexibility index (Phi) is 5.17. The highest BCUT2D eigenvalue weighted by atomic mass is 16.5. The first-order valence-electron chi connectivity index (χ1n) is 10.1. The summed E-state index contributed by atoms with van der Waals surface area (Å²) in [5.41, 5.74) is 1.33. The number of amides is 2. The second-order valence-electron chi connectivity index (χ2n) is 8.64. The fourth-order valence-corrected chi connectivity index (χ4v) is 3.75. The molecule has 1 atom stereocenters. The lowest BCUT2D eigenvalue weighted by atomic mass is 10.1. The van der Waals surface area contributed by atoms with Crippen LogP contribution in [-0.4, -0.2) is 45.2 Å². The standard InChI is InChI=1S/C22H28N4O3/c1-22(2,29-3)14-25-11-10-19(24-25)23-20(27)18(12-15-8-9-15)26-13-16-6-4-5-7-17(16)21(26)28/h4-7,10-11,15,18H,8-9,12-14H2,1-3H3,(H,23,24,27). The van der Waals surface area contributed by atoms with Gasteiger partial charge in [-0.25, -0.2) is 0 Å². The van der Waals surface area contributed by atoms with E-state index >= 15 is 0 Å². The molecule has 1 saturated carbocycles. The summed E-state index contributed by atoms with van der Waals surface area (Å²) in [6.45, 7) is 5.02. The predicted molar refractivity (Wildman–Crippen MR) is 109 cm³/mol. The van der Waals surface area contributed by atoms with Gasteiger partial charge in [0, 0.05) is 31.5 Å². The van der Waals surface area contributed by atoms with Crippen LogP contribution in [0.4, 0.5) is 5.82 Å². The number of anilines is 1. The Balaban J connectivity index is 1.48. The van der Waals surface area contributed by atoms with E-state index in [-0.39, 0.29) is 17.4 Å². The number of hydrogen-bond donors (Lipinski definition) is 1. The predicted octanol–water partition coefficient (Wildman–Crippen LogP) is 3.07. The Labute approximate surface area is 171 Å². The summed E-state index contributed by atoms with van der Waals surface area (Å²) in [6, 6.07) is 8.88. The Hall–Kier alpha value is -2.67. The molecule has 1 aromatic carbocycles. The van der Waals surface area contributed by atoms with Gasteiger partial charge in [-0.15, -0.1) is 0 Å². The minimum Gasteiger partial charge on any atom is -0.377 e. The van der Waals surface area contributed by atoms with Gasteiger partial charge >= 0.3 is 0 Å². The van der Waals surface area contributed by atoms with E-state index in [0.717, 1.165) is 18.4 Å². The van der Waals surface area contributed by atoms with Crippen LogP contribution in [0.1, 0.15) is 49.0 Å². The average molecular weight is 396 g/mol. The van der Waals surface area contributed by atoms with Crippen molar-refractivity contribution in [2.24, 2.45) is 5.92 Å². The van der Waals surface area contributed by atoms with Gasteiger partial charge in [-0.05, 0) is 37.8 Å². The Morgan fingerprint density at radius 1 is 1.31 bits per heavy atom. The number of hydrogen-bond acceptors (Lipinski definition) is 4. The minimum atomic E-state index is -0.483. The van der Waals surface area contributed by atoms with Gasteiger partial charge in [0.15, 0.2) is 5.82 Å². The van der Waals surface area contributed by atoms with Crippen LogP contribution in [-0.2, 0) is 22.6 Å². The van der Waals surface area contributed by atoms with Crippen LogP contribution >= 0.6 is 0 Å². The smallest absolute Gasteiger partial charge is 0.255 e. The van der Waals surface area contributed by atoms with Gasteiger partial charge < -0.3 is 15.0 Å². The van der Waals surface area contributed by atoms with Crippen molar-refractivity contribution in [1.82, 2.24) is 14.7 Å². The van der Waals surface area contributed by atoms with Crippen LogP contribution < -0.4 is 5.32 Å². The number of nitrogens with one attached hydrogen (secondary N) is 1. The van der Waals surface area contributed by atoms with E-state index in [2.05, 4.69) is 10.4 Å². The molecule has 29 heavy (non-hydrogen) atoms. The third-order valence-electron chi connectivity index (χ3n) is 5.77. The van der Waals surface area contributed by atoms with Crippen LogP contribution in [0.15, 0.2) is 36.5 Å². The third-order valence-corrected chi connectivity index (χ3v) is 5.77. The summed E-state index contributed by atoms with van der Waals surface area (Å²) < 4.78 is 7.19. The van der Waals surface area contributed by atoms with Crippen molar-refractivity contribution in [2.45, 2.75) is 57.8 Å². The topological polar surface area (TPSA) is 76.5 Å². The maximum atomic E-state index is 13.1. The average Bonchev–Trinajstić information content (AvgIpc) is 3.33. The van der Waals surface area contributed by atoms with E-state index in [4.69, 9.17) is 4.74 Å². The fraction of sp³-hybridized carbons (Fsp3) is 0.500. The highest BCUT2D eigenvalue weighted by Gasteiger charge is 2.39. The molecule has 4 rings (SSSR count). The number of nitrogens with zero attached hydrogens (tertiary/aromatic N) is 3. The molecule has 2 heterocycles. The van der Waals surface area contributed by atoms with E-state index in [1.807, 2.05) is 44.3 Å².